The zero-order valence-corrected chi connectivity index (χ0v) is 16.7. The molecule has 8 heteroatoms. The molecule has 1 aromatic carbocycles. The predicted molar refractivity (Wildman–Crippen MR) is 107 cm³/mol. The molecule has 146 valence electrons. The molecule has 4 rings (SSSR count). The summed E-state index contributed by atoms with van der Waals surface area (Å²) >= 11 is 0. The largest absolute Gasteiger partial charge is 0.463 e. The highest BCUT2D eigenvalue weighted by molar-refractivity contribution is 7.89. The summed E-state index contributed by atoms with van der Waals surface area (Å²) in [5.41, 5.74) is 2.38. The van der Waals surface area contributed by atoms with Crippen LogP contribution in [-0.2, 0) is 10.0 Å². The standard InChI is InChI=1S/C20H22N4O3S/c1-15-5-6-16(2)19(14-15)28(25,26)24-11-9-23(10-12-24)20-8-7-17(21-22-20)18-4-3-13-27-18/h3-8,13-14H,9-12H2,1-2H3. The van der Waals surface area contributed by atoms with Crippen molar-refractivity contribution in [1.82, 2.24) is 14.5 Å². The van der Waals surface area contributed by atoms with Gasteiger partial charge in [-0.25, -0.2) is 8.42 Å². The van der Waals surface area contributed by atoms with Gasteiger partial charge in [-0.05, 0) is 55.3 Å². The Labute approximate surface area is 164 Å². The van der Waals surface area contributed by atoms with Gasteiger partial charge < -0.3 is 9.32 Å². The topological polar surface area (TPSA) is 79.5 Å². The van der Waals surface area contributed by atoms with Crippen molar-refractivity contribution in [2.45, 2.75) is 18.7 Å². The molecule has 2 aromatic heterocycles. The minimum absolute atomic E-state index is 0.392. The van der Waals surface area contributed by atoms with Gasteiger partial charge in [0.2, 0.25) is 10.0 Å². The van der Waals surface area contributed by atoms with Crippen molar-refractivity contribution in [3.8, 4) is 11.5 Å². The van der Waals surface area contributed by atoms with E-state index in [1.165, 1.54) is 0 Å². The van der Waals surface area contributed by atoms with Crippen LogP contribution in [0.4, 0.5) is 5.82 Å². The summed E-state index contributed by atoms with van der Waals surface area (Å²) in [5, 5.41) is 8.49. The minimum Gasteiger partial charge on any atom is -0.463 e. The molecule has 1 saturated heterocycles. The Balaban J connectivity index is 1.46. The van der Waals surface area contributed by atoms with Crippen molar-refractivity contribution in [2.24, 2.45) is 0 Å². The fraction of sp³-hybridized carbons (Fsp3) is 0.300. The average Bonchev–Trinajstić information content (AvgIpc) is 3.25. The van der Waals surface area contributed by atoms with E-state index in [-0.39, 0.29) is 0 Å². The van der Waals surface area contributed by atoms with Gasteiger partial charge in [-0.2, -0.15) is 4.31 Å². The Morgan fingerprint density at radius 2 is 1.75 bits per heavy atom. The molecule has 0 N–H and O–H groups in total. The minimum atomic E-state index is -3.50. The lowest BCUT2D eigenvalue weighted by Crippen LogP contribution is -2.49. The maximum atomic E-state index is 13.0. The maximum absolute atomic E-state index is 13.0. The molecule has 0 bridgehead atoms. The van der Waals surface area contributed by atoms with E-state index in [2.05, 4.69) is 10.2 Å². The van der Waals surface area contributed by atoms with E-state index in [4.69, 9.17) is 4.42 Å². The summed E-state index contributed by atoms with van der Waals surface area (Å²) in [6, 6.07) is 12.9. The number of anilines is 1. The third kappa shape index (κ3) is 3.53. The molecule has 0 amide bonds. The lowest BCUT2D eigenvalue weighted by Gasteiger charge is -2.34. The molecule has 7 nitrogen and oxygen atoms in total. The predicted octanol–water partition coefficient (Wildman–Crippen LogP) is 2.86. The van der Waals surface area contributed by atoms with Crippen molar-refractivity contribution in [1.29, 1.82) is 0 Å². The van der Waals surface area contributed by atoms with Crippen LogP contribution < -0.4 is 4.90 Å². The first-order valence-electron chi connectivity index (χ1n) is 9.15. The molecular weight excluding hydrogens is 376 g/mol. The van der Waals surface area contributed by atoms with Gasteiger partial charge in [-0.3, -0.25) is 0 Å². The first-order chi connectivity index (χ1) is 13.4. The van der Waals surface area contributed by atoms with E-state index >= 15 is 0 Å². The Hall–Kier alpha value is -2.71. The molecular formula is C20H22N4O3S. The third-order valence-electron chi connectivity index (χ3n) is 4.95. The molecule has 28 heavy (non-hydrogen) atoms. The first kappa shape index (κ1) is 18.6. The highest BCUT2D eigenvalue weighted by atomic mass is 32.2. The quantitative estimate of drug-likeness (QED) is 0.672. The Bertz CT molecular complexity index is 1060. The molecule has 0 atom stereocenters. The van der Waals surface area contributed by atoms with Crippen LogP contribution >= 0.6 is 0 Å². The summed E-state index contributed by atoms with van der Waals surface area (Å²) in [6.45, 7) is 5.70. The van der Waals surface area contributed by atoms with E-state index in [0.29, 0.717) is 42.5 Å². The number of aromatic nitrogens is 2. The second-order valence-corrected chi connectivity index (χ2v) is 8.82. The number of hydrogen-bond acceptors (Lipinski definition) is 6. The summed E-state index contributed by atoms with van der Waals surface area (Å²) in [4.78, 5) is 2.44. The molecule has 0 spiro atoms. The summed E-state index contributed by atoms with van der Waals surface area (Å²) in [5.74, 6) is 1.41. The first-order valence-corrected chi connectivity index (χ1v) is 10.6. The van der Waals surface area contributed by atoms with Crippen LogP contribution in [0.15, 0.2) is 58.0 Å². The number of piperazine rings is 1. The average molecular weight is 398 g/mol. The van der Waals surface area contributed by atoms with Crippen molar-refractivity contribution in [2.75, 3.05) is 31.1 Å². The smallest absolute Gasteiger partial charge is 0.243 e. The van der Waals surface area contributed by atoms with Gasteiger partial charge in [0.1, 0.15) is 5.69 Å². The van der Waals surface area contributed by atoms with Crippen molar-refractivity contribution in [3.05, 3.63) is 59.9 Å². The van der Waals surface area contributed by atoms with Gasteiger partial charge in [0, 0.05) is 26.2 Å². The van der Waals surface area contributed by atoms with Crippen LogP contribution in [0.25, 0.3) is 11.5 Å². The van der Waals surface area contributed by atoms with Crippen LogP contribution in [0.5, 0.6) is 0 Å². The lowest BCUT2D eigenvalue weighted by atomic mass is 10.2. The van der Waals surface area contributed by atoms with E-state index in [9.17, 15) is 8.42 Å². The summed E-state index contributed by atoms with van der Waals surface area (Å²) in [7, 11) is -3.50. The van der Waals surface area contributed by atoms with Crippen LogP contribution in [0.2, 0.25) is 0 Å². The van der Waals surface area contributed by atoms with E-state index in [1.807, 2.05) is 49.1 Å². The molecule has 0 saturated carbocycles. The van der Waals surface area contributed by atoms with Gasteiger partial charge in [0.25, 0.3) is 0 Å². The lowest BCUT2D eigenvalue weighted by molar-refractivity contribution is 0.383. The molecule has 3 aromatic rings. The van der Waals surface area contributed by atoms with E-state index in [1.54, 1.807) is 22.7 Å². The second kappa shape index (κ2) is 7.37. The zero-order chi connectivity index (χ0) is 19.7. The molecule has 1 aliphatic heterocycles. The number of benzene rings is 1. The second-order valence-electron chi connectivity index (χ2n) is 6.91. The van der Waals surface area contributed by atoms with Crippen LogP contribution in [0.1, 0.15) is 11.1 Å². The fourth-order valence-corrected chi connectivity index (χ4v) is 5.06. The zero-order valence-electron chi connectivity index (χ0n) is 15.9. The fourth-order valence-electron chi connectivity index (χ4n) is 3.33. The van der Waals surface area contributed by atoms with E-state index in [0.717, 1.165) is 16.9 Å². The number of sulfonamides is 1. The normalized spacial score (nSPS) is 15.7. The number of rotatable bonds is 4. The van der Waals surface area contributed by atoms with Gasteiger partial charge >= 0.3 is 0 Å². The molecule has 0 aliphatic carbocycles. The number of furan rings is 1. The van der Waals surface area contributed by atoms with Gasteiger partial charge in [-0.15, -0.1) is 10.2 Å². The van der Waals surface area contributed by atoms with Gasteiger partial charge in [-0.1, -0.05) is 12.1 Å². The Morgan fingerprint density at radius 3 is 2.39 bits per heavy atom. The number of nitrogens with zero attached hydrogens (tertiary/aromatic N) is 4. The SMILES string of the molecule is Cc1ccc(C)c(S(=O)(=O)N2CCN(c3ccc(-c4ccco4)nn3)CC2)c1. The van der Waals surface area contributed by atoms with E-state index < -0.39 is 10.0 Å². The van der Waals surface area contributed by atoms with Crippen molar-refractivity contribution < 1.29 is 12.8 Å². The highest BCUT2D eigenvalue weighted by Gasteiger charge is 2.30. The monoisotopic (exact) mass is 398 g/mol. The molecule has 1 aliphatic rings. The van der Waals surface area contributed by atoms with Crippen molar-refractivity contribution in [3.63, 3.8) is 0 Å². The summed E-state index contributed by atoms with van der Waals surface area (Å²) < 4.78 is 33.0. The third-order valence-corrected chi connectivity index (χ3v) is 6.99. The van der Waals surface area contributed by atoms with Crippen LogP contribution in [0.3, 0.4) is 0 Å². The van der Waals surface area contributed by atoms with Gasteiger partial charge in [0.05, 0.1) is 11.2 Å². The maximum Gasteiger partial charge on any atom is 0.243 e. The van der Waals surface area contributed by atoms with Crippen molar-refractivity contribution >= 4 is 15.8 Å². The number of aryl methyl sites for hydroxylation is 2. The Kier molecular flexibility index (Phi) is 4.91. The van der Waals surface area contributed by atoms with Gasteiger partial charge in [0.15, 0.2) is 11.6 Å². The van der Waals surface area contributed by atoms with Crippen LogP contribution in [0, 0.1) is 13.8 Å². The molecule has 0 unspecified atom stereocenters. The molecule has 3 heterocycles. The summed E-state index contributed by atoms with van der Waals surface area (Å²) in [6.07, 6.45) is 1.60. The highest BCUT2D eigenvalue weighted by Crippen LogP contribution is 2.24. The number of hydrogen-bond donors (Lipinski definition) is 0. The van der Waals surface area contributed by atoms with Crippen LogP contribution in [-0.4, -0.2) is 49.1 Å². The molecule has 0 radical (unpaired) electrons. The molecule has 1 fully saturated rings. The Morgan fingerprint density at radius 1 is 0.964 bits per heavy atom.